The molecule has 6 heteroatoms. The first-order chi connectivity index (χ1) is 13.3. The maximum Gasteiger partial charge on any atom is 0.411 e. The number of amides is 2. The molecule has 3 rings (SSSR count). The van der Waals surface area contributed by atoms with E-state index in [1.807, 2.05) is 58.0 Å². The first-order valence-corrected chi connectivity index (χ1v) is 9.47. The molecular formula is C22H27N3O3. The number of hydrogen-bond acceptors (Lipinski definition) is 4. The second-order valence-electron chi connectivity index (χ2n) is 7.59. The Kier molecular flexibility index (Phi) is 5.99. The summed E-state index contributed by atoms with van der Waals surface area (Å²) in [7, 11) is 0. The summed E-state index contributed by atoms with van der Waals surface area (Å²) in [6.45, 7) is 8.39. The number of rotatable bonds is 4. The van der Waals surface area contributed by atoms with Crippen LogP contribution in [-0.2, 0) is 9.53 Å². The van der Waals surface area contributed by atoms with E-state index in [4.69, 9.17) is 4.74 Å². The normalized spacial score (nSPS) is 18.6. The van der Waals surface area contributed by atoms with Crippen molar-refractivity contribution in [1.82, 2.24) is 5.32 Å². The Morgan fingerprint density at radius 1 is 0.857 bits per heavy atom. The third kappa shape index (κ3) is 5.33. The van der Waals surface area contributed by atoms with Gasteiger partial charge in [0.1, 0.15) is 6.10 Å². The van der Waals surface area contributed by atoms with Crippen molar-refractivity contribution in [2.24, 2.45) is 0 Å². The van der Waals surface area contributed by atoms with Crippen LogP contribution in [0.1, 0.15) is 28.7 Å². The highest BCUT2D eigenvalue weighted by atomic mass is 16.6. The standard InChI is InChI=1S/C22H27N3O3/c1-13-5-14(2)8-17(7-13)24-21(26)20-11-19(12-23-20)28-22(27)25-18-9-15(3)6-16(4)10-18/h5-10,19-20,23H,11-12H2,1-4H3,(H,24,26)(H,25,27)/t19-,20+/m1/s1. The van der Waals surface area contributed by atoms with E-state index < -0.39 is 6.09 Å². The van der Waals surface area contributed by atoms with Crippen LogP contribution < -0.4 is 16.0 Å². The SMILES string of the molecule is Cc1cc(C)cc(NC(=O)O[C@H]2CN[C@H](C(=O)Nc3cc(C)cc(C)c3)C2)c1. The maximum atomic E-state index is 12.5. The predicted octanol–water partition coefficient (Wildman–Crippen LogP) is 3.84. The second-order valence-corrected chi connectivity index (χ2v) is 7.59. The predicted molar refractivity (Wildman–Crippen MR) is 111 cm³/mol. The van der Waals surface area contributed by atoms with E-state index in [0.717, 1.165) is 27.9 Å². The molecule has 0 aromatic heterocycles. The van der Waals surface area contributed by atoms with Crippen molar-refractivity contribution in [3.8, 4) is 0 Å². The summed E-state index contributed by atoms with van der Waals surface area (Å²) in [6.07, 6.45) is -0.412. The molecule has 1 aliphatic heterocycles. The highest BCUT2D eigenvalue weighted by Crippen LogP contribution is 2.18. The molecule has 1 aliphatic rings. The summed E-state index contributed by atoms with van der Waals surface area (Å²) in [5.74, 6) is -0.120. The lowest BCUT2D eigenvalue weighted by Gasteiger charge is -2.14. The van der Waals surface area contributed by atoms with Gasteiger partial charge in [-0.2, -0.15) is 0 Å². The number of nitrogens with one attached hydrogen (secondary N) is 3. The average Bonchev–Trinajstić information content (AvgIpc) is 3.01. The summed E-state index contributed by atoms with van der Waals surface area (Å²) < 4.78 is 5.47. The van der Waals surface area contributed by atoms with Gasteiger partial charge in [0.25, 0.3) is 0 Å². The second kappa shape index (κ2) is 8.44. The molecule has 0 unspecified atom stereocenters. The van der Waals surface area contributed by atoms with Gasteiger partial charge in [0.05, 0.1) is 6.04 Å². The first-order valence-electron chi connectivity index (χ1n) is 9.47. The molecule has 28 heavy (non-hydrogen) atoms. The van der Waals surface area contributed by atoms with Crippen LogP contribution in [0, 0.1) is 27.7 Å². The van der Waals surface area contributed by atoms with Crippen molar-refractivity contribution in [2.75, 3.05) is 17.2 Å². The van der Waals surface area contributed by atoms with Crippen molar-refractivity contribution < 1.29 is 14.3 Å². The molecule has 1 saturated heterocycles. The minimum Gasteiger partial charge on any atom is -0.445 e. The van der Waals surface area contributed by atoms with Crippen LogP contribution in [0.4, 0.5) is 16.2 Å². The zero-order valence-electron chi connectivity index (χ0n) is 16.8. The Morgan fingerprint density at radius 3 is 1.89 bits per heavy atom. The monoisotopic (exact) mass is 381 g/mol. The third-order valence-corrected chi connectivity index (χ3v) is 4.64. The quantitative estimate of drug-likeness (QED) is 0.752. The van der Waals surface area contributed by atoms with Crippen LogP contribution in [0.15, 0.2) is 36.4 Å². The lowest BCUT2D eigenvalue weighted by Crippen LogP contribution is -2.35. The lowest BCUT2D eigenvalue weighted by molar-refractivity contribution is -0.117. The van der Waals surface area contributed by atoms with E-state index in [2.05, 4.69) is 22.0 Å². The summed E-state index contributed by atoms with van der Waals surface area (Å²) in [5, 5.41) is 8.82. The summed E-state index contributed by atoms with van der Waals surface area (Å²) in [6, 6.07) is 11.4. The van der Waals surface area contributed by atoms with E-state index in [9.17, 15) is 9.59 Å². The maximum absolute atomic E-state index is 12.5. The molecule has 0 bridgehead atoms. The molecule has 6 nitrogen and oxygen atoms in total. The number of benzene rings is 2. The molecule has 0 saturated carbocycles. The van der Waals surface area contributed by atoms with Crippen LogP contribution in [-0.4, -0.2) is 30.7 Å². The summed E-state index contributed by atoms with van der Waals surface area (Å²) >= 11 is 0. The fraction of sp³-hybridized carbons (Fsp3) is 0.364. The van der Waals surface area contributed by atoms with Crippen molar-refractivity contribution in [1.29, 1.82) is 0 Å². The molecule has 2 aromatic carbocycles. The topological polar surface area (TPSA) is 79.5 Å². The highest BCUT2D eigenvalue weighted by molar-refractivity contribution is 5.95. The van der Waals surface area contributed by atoms with Gasteiger partial charge in [-0.15, -0.1) is 0 Å². The minimum atomic E-state index is -0.507. The van der Waals surface area contributed by atoms with E-state index in [1.54, 1.807) is 0 Å². The fourth-order valence-electron chi connectivity index (χ4n) is 3.61. The Balaban J connectivity index is 1.51. The number of anilines is 2. The van der Waals surface area contributed by atoms with Crippen LogP contribution in [0.2, 0.25) is 0 Å². The van der Waals surface area contributed by atoms with Crippen molar-refractivity contribution in [3.63, 3.8) is 0 Å². The van der Waals surface area contributed by atoms with Crippen LogP contribution in [0.25, 0.3) is 0 Å². The number of carbonyl (C=O) groups is 2. The van der Waals surface area contributed by atoms with Gasteiger partial charge in [-0.05, 0) is 74.2 Å². The zero-order chi connectivity index (χ0) is 20.3. The molecule has 2 atom stereocenters. The number of aryl methyl sites for hydroxylation is 4. The molecule has 2 amide bonds. The highest BCUT2D eigenvalue weighted by Gasteiger charge is 2.31. The largest absolute Gasteiger partial charge is 0.445 e. The minimum absolute atomic E-state index is 0.120. The van der Waals surface area contributed by atoms with Gasteiger partial charge in [0, 0.05) is 24.3 Å². The van der Waals surface area contributed by atoms with Gasteiger partial charge >= 0.3 is 6.09 Å². The lowest BCUT2D eigenvalue weighted by atomic mass is 10.1. The zero-order valence-corrected chi connectivity index (χ0v) is 16.8. The molecule has 1 fully saturated rings. The third-order valence-electron chi connectivity index (χ3n) is 4.64. The first kappa shape index (κ1) is 19.9. The van der Waals surface area contributed by atoms with Crippen LogP contribution in [0.5, 0.6) is 0 Å². The molecule has 0 spiro atoms. The molecular weight excluding hydrogens is 354 g/mol. The van der Waals surface area contributed by atoms with Crippen molar-refractivity contribution >= 4 is 23.4 Å². The van der Waals surface area contributed by atoms with Gasteiger partial charge in [-0.1, -0.05) is 12.1 Å². The van der Waals surface area contributed by atoms with E-state index >= 15 is 0 Å². The van der Waals surface area contributed by atoms with Crippen LogP contribution in [0.3, 0.4) is 0 Å². The number of ether oxygens (including phenoxy) is 1. The van der Waals surface area contributed by atoms with Gasteiger partial charge in [0.2, 0.25) is 5.91 Å². The Bertz CT molecular complexity index is 854. The summed E-state index contributed by atoms with van der Waals surface area (Å²) in [5.41, 5.74) is 5.82. The average molecular weight is 381 g/mol. The Labute approximate surface area is 165 Å². The van der Waals surface area contributed by atoms with Gasteiger partial charge in [-0.25, -0.2) is 4.79 Å². The van der Waals surface area contributed by atoms with E-state index in [0.29, 0.717) is 18.7 Å². The van der Waals surface area contributed by atoms with E-state index in [1.165, 1.54) is 0 Å². The summed E-state index contributed by atoms with van der Waals surface area (Å²) in [4.78, 5) is 24.7. The molecule has 3 N–H and O–H groups in total. The molecule has 2 aromatic rings. The fourth-order valence-corrected chi connectivity index (χ4v) is 3.61. The van der Waals surface area contributed by atoms with Gasteiger partial charge in [0.15, 0.2) is 0 Å². The number of hydrogen-bond donors (Lipinski definition) is 3. The van der Waals surface area contributed by atoms with Crippen molar-refractivity contribution in [3.05, 3.63) is 58.7 Å². The molecule has 148 valence electrons. The van der Waals surface area contributed by atoms with Gasteiger partial charge in [-0.3, -0.25) is 10.1 Å². The molecule has 0 radical (unpaired) electrons. The van der Waals surface area contributed by atoms with Crippen LogP contribution >= 0.6 is 0 Å². The van der Waals surface area contributed by atoms with Gasteiger partial charge < -0.3 is 15.4 Å². The van der Waals surface area contributed by atoms with Crippen molar-refractivity contribution in [2.45, 2.75) is 46.3 Å². The smallest absolute Gasteiger partial charge is 0.411 e. The van der Waals surface area contributed by atoms with E-state index in [-0.39, 0.29) is 18.1 Å². The Hall–Kier alpha value is -2.86. The Morgan fingerprint density at radius 2 is 1.36 bits per heavy atom. The molecule has 1 heterocycles. The molecule has 0 aliphatic carbocycles. The number of carbonyl (C=O) groups excluding carboxylic acids is 2.